The van der Waals surface area contributed by atoms with Gasteiger partial charge in [-0.1, -0.05) is 0 Å². The Hall–Kier alpha value is -4.51. The maximum Gasteiger partial charge on any atom is 0.411 e. The van der Waals surface area contributed by atoms with E-state index in [-0.39, 0.29) is 13.2 Å². The average Bonchev–Trinajstić information content (AvgIpc) is 3.38. The second kappa shape index (κ2) is 9.99. The summed E-state index contributed by atoms with van der Waals surface area (Å²) in [6.45, 7) is 6.14. The highest BCUT2D eigenvalue weighted by molar-refractivity contribution is 7.22. The smallest absolute Gasteiger partial charge is 0.411 e. The Morgan fingerprint density at radius 2 is 1.97 bits per heavy atom. The number of methoxy groups -OCH3 is 1. The van der Waals surface area contributed by atoms with Crippen molar-refractivity contribution in [2.24, 2.45) is 0 Å². The van der Waals surface area contributed by atoms with Gasteiger partial charge in [0.2, 0.25) is 5.88 Å². The predicted molar refractivity (Wildman–Crippen MR) is 148 cm³/mol. The first-order valence-corrected chi connectivity index (χ1v) is 13.1. The molecule has 0 radical (unpaired) electrons. The number of aryl methyl sites for hydroxylation is 3. The third-order valence-corrected chi connectivity index (χ3v) is 7.34. The number of hydrogen-bond donors (Lipinski definition) is 1. The van der Waals surface area contributed by atoms with Gasteiger partial charge < -0.3 is 18.9 Å². The van der Waals surface area contributed by atoms with Crippen LogP contribution in [0.4, 0.5) is 10.5 Å². The number of pyridine rings is 1. The molecule has 1 N–H and O–H groups in total. The Bertz CT molecular complexity index is 1720. The molecule has 1 atom stereocenters. The number of rotatable bonds is 5. The highest BCUT2D eigenvalue weighted by atomic mass is 32.1. The van der Waals surface area contributed by atoms with Gasteiger partial charge in [0.25, 0.3) is 0 Å². The topological polar surface area (TPSA) is 118 Å². The first-order valence-electron chi connectivity index (χ1n) is 12.3. The number of aromatic nitrogens is 4. The second-order valence-corrected chi connectivity index (χ2v) is 10.3. The third kappa shape index (κ3) is 4.88. The van der Waals surface area contributed by atoms with Gasteiger partial charge in [-0.25, -0.2) is 19.7 Å². The number of fused-ring (bicyclic) bond motifs is 4. The van der Waals surface area contributed by atoms with Crippen molar-refractivity contribution in [2.45, 2.75) is 26.9 Å². The van der Waals surface area contributed by atoms with E-state index >= 15 is 0 Å². The van der Waals surface area contributed by atoms with Crippen molar-refractivity contribution in [1.82, 2.24) is 19.9 Å². The van der Waals surface area contributed by atoms with Gasteiger partial charge in [-0.3, -0.25) is 10.3 Å². The zero-order chi connectivity index (χ0) is 27.1. The van der Waals surface area contributed by atoms with Gasteiger partial charge >= 0.3 is 6.09 Å². The van der Waals surface area contributed by atoms with E-state index in [0.29, 0.717) is 23.1 Å². The Morgan fingerprint density at radius 1 is 1.10 bits per heavy atom. The number of nitrogens with zero attached hydrogens (tertiary/aromatic N) is 4. The summed E-state index contributed by atoms with van der Waals surface area (Å²) in [4.78, 5) is 30.5. The number of thiazole rings is 1. The molecule has 0 aliphatic carbocycles. The van der Waals surface area contributed by atoms with Crippen LogP contribution in [0.2, 0.25) is 0 Å². The van der Waals surface area contributed by atoms with Crippen molar-refractivity contribution >= 4 is 44.4 Å². The van der Waals surface area contributed by atoms with E-state index in [1.165, 1.54) is 11.3 Å². The molecular formula is C28H25N5O5S. The minimum absolute atomic E-state index is 0.0347. The number of anilines is 1. The molecule has 0 saturated carbocycles. The number of nitrogens with one attached hydrogen (secondary N) is 1. The maximum atomic E-state index is 12.2. The summed E-state index contributed by atoms with van der Waals surface area (Å²) in [5, 5.41) is 3.47. The second-order valence-electron chi connectivity index (χ2n) is 9.27. The molecule has 198 valence electrons. The van der Waals surface area contributed by atoms with Crippen LogP contribution in [0.5, 0.6) is 17.4 Å². The summed E-state index contributed by atoms with van der Waals surface area (Å²) in [5.41, 5.74) is 6.64. The molecule has 39 heavy (non-hydrogen) atoms. The first-order chi connectivity index (χ1) is 18.9. The Morgan fingerprint density at radius 3 is 2.77 bits per heavy atom. The normalized spacial score (nSPS) is 14.4. The number of amides is 1. The fraction of sp³-hybridized carbons (Fsp3) is 0.250. The summed E-state index contributed by atoms with van der Waals surface area (Å²) in [6, 6.07) is 9.52. The van der Waals surface area contributed by atoms with Crippen molar-refractivity contribution in [1.29, 1.82) is 0 Å². The van der Waals surface area contributed by atoms with Crippen molar-refractivity contribution in [2.75, 3.05) is 25.6 Å². The SMILES string of the molecule is COc1cnc2c(-c3nc4c(C)cc5c(c4s3)OC[C@H](COC(=O)Nc3ccc(C)nc3)O5)cc(C)cc2n1. The summed E-state index contributed by atoms with van der Waals surface area (Å²) in [6.07, 6.45) is 2.15. The van der Waals surface area contributed by atoms with E-state index in [4.69, 9.17) is 23.9 Å². The van der Waals surface area contributed by atoms with Gasteiger partial charge in [0.15, 0.2) is 17.6 Å². The molecule has 1 amide bonds. The molecule has 0 fully saturated rings. The highest BCUT2D eigenvalue weighted by Crippen LogP contribution is 2.46. The third-order valence-electron chi connectivity index (χ3n) is 6.25. The van der Waals surface area contributed by atoms with Gasteiger partial charge in [0.05, 0.1) is 41.7 Å². The predicted octanol–water partition coefficient (Wildman–Crippen LogP) is 5.62. The number of ether oxygens (including phenoxy) is 4. The van der Waals surface area contributed by atoms with Crippen molar-refractivity contribution in [3.8, 4) is 28.0 Å². The molecule has 10 nitrogen and oxygen atoms in total. The summed E-state index contributed by atoms with van der Waals surface area (Å²) < 4.78 is 23.8. The van der Waals surface area contributed by atoms with E-state index in [9.17, 15) is 4.79 Å². The Balaban J connectivity index is 1.24. The molecule has 4 heterocycles. The molecular weight excluding hydrogens is 518 g/mol. The van der Waals surface area contributed by atoms with Crippen LogP contribution in [0.3, 0.4) is 0 Å². The van der Waals surface area contributed by atoms with Crippen LogP contribution in [0.25, 0.3) is 31.8 Å². The Kier molecular flexibility index (Phi) is 6.35. The van der Waals surface area contributed by atoms with Crippen LogP contribution in [-0.2, 0) is 4.74 Å². The van der Waals surface area contributed by atoms with Gasteiger partial charge in [-0.2, -0.15) is 0 Å². The lowest BCUT2D eigenvalue weighted by atomic mass is 10.1. The fourth-order valence-corrected chi connectivity index (χ4v) is 5.52. The lowest BCUT2D eigenvalue weighted by Gasteiger charge is -2.26. The monoisotopic (exact) mass is 543 g/mol. The van der Waals surface area contributed by atoms with Crippen LogP contribution in [-0.4, -0.2) is 52.5 Å². The summed E-state index contributed by atoms with van der Waals surface area (Å²) in [5.74, 6) is 1.69. The number of hydrogen-bond acceptors (Lipinski definition) is 10. The molecule has 11 heteroatoms. The molecule has 5 aromatic rings. The molecule has 0 spiro atoms. The van der Waals surface area contributed by atoms with Crippen LogP contribution < -0.4 is 19.5 Å². The molecule has 6 rings (SSSR count). The number of benzene rings is 2. The lowest BCUT2D eigenvalue weighted by Crippen LogP contribution is -2.35. The first kappa shape index (κ1) is 24.8. The van der Waals surface area contributed by atoms with E-state index in [1.807, 2.05) is 39.0 Å². The molecule has 0 unspecified atom stereocenters. The highest BCUT2D eigenvalue weighted by Gasteiger charge is 2.27. The number of carbonyl (C=O) groups excluding carboxylic acids is 1. The van der Waals surface area contributed by atoms with Crippen LogP contribution >= 0.6 is 11.3 Å². The molecule has 1 aliphatic rings. The van der Waals surface area contributed by atoms with E-state index in [2.05, 4.69) is 26.3 Å². The zero-order valence-electron chi connectivity index (χ0n) is 21.8. The van der Waals surface area contributed by atoms with Crippen LogP contribution in [0.1, 0.15) is 16.8 Å². The van der Waals surface area contributed by atoms with E-state index in [1.54, 1.807) is 25.6 Å². The van der Waals surface area contributed by atoms with Gasteiger partial charge in [-0.05, 0) is 62.2 Å². The molecule has 0 saturated heterocycles. The summed E-state index contributed by atoms with van der Waals surface area (Å²) in [7, 11) is 1.57. The van der Waals surface area contributed by atoms with Crippen molar-refractivity contribution in [3.63, 3.8) is 0 Å². The maximum absolute atomic E-state index is 12.2. The lowest BCUT2D eigenvalue weighted by molar-refractivity contribution is 0.0383. The van der Waals surface area contributed by atoms with Crippen molar-refractivity contribution in [3.05, 3.63) is 59.5 Å². The summed E-state index contributed by atoms with van der Waals surface area (Å²) >= 11 is 1.52. The minimum Gasteiger partial charge on any atom is -0.484 e. The fourth-order valence-electron chi connectivity index (χ4n) is 4.37. The largest absolute Gasteiger partial charge is 0.484 e. The van der Waals surface area contributed by atoms with Gasteiger partial charge in [0, 0.05) is 11.3 Å². The molecule has 3 aromatic heterocycles. The van der Waals surface area contributed by atoms with Crippen LogP contribution in [0, 0.1) is 20.8 Å². The standard InChI is InChI=1S/C28H25N5O5S/c1-14-7-19(24-20(8-14)32-22(35-4)11-30-24)27-33-23-15(2)9-21-25(26(23)39-27)36-12-18(38-21)13-37-28(34)31-17-6-5-16(3)29-10-17/h5-11,18H,12-13H2,1-4H3,(H,31,34)/t18-/m1/s1. The minimum atomic E-state index is -0.583. The molecule has 0 bridgehead atoms. The number of carbonyl (C=O) groups is 1. The quantitative estimate of drug-likeness (QED) is 0.301. The van der Waals surface area contributed by atoms with Gasteiger partial charge in [-0.15, -0.1) is 11.3 Å². The van der Waals surface area contributed by atoms with Gasteiger partial charge in [0.1, 0.15) is 22.9 Å². The zero-order valence-corrected chi connectivity index (χ0v) is 22.6. The average molecular weight is 544 g/mol. The Labute approximate surface area is 228 Å². The van der Waals surface area contributed by atoms with E-state index < -0.39 is 12.2 Å². The molecule has 2 aromatic carbocycles. The van der Waals surface area contributed by atoms with Crippen molar-refractivity contribution < 1.29 is 23.7 Å². The molecule has 1 aliphatic heterocycles. The van der Waals surface area contributed by atoms with E-state index in [0.717, 1.165) is 48.6 Å². The van der Waals surface area contributed by atoms with Crippen LogP contribution in [0.15, 0.2) is 42.7 Å².